The molecule has 126 valence electrons. The molecule has 0 radical (unpaired) electrons. The summed E-state index contributed by atoms with van der Waals surface area (Å²) in [6.45, 7) is 0.166. The van der Waals surface area contributed by atoms with E-state index in [0.29, 0.717) is 5.69 Å². The predicted octanol–water partition coefficient (Wildman–Crippen LogP) is 3.75. The zero-order valence-electron chi connectivity index (χ0n) is 13.5. The number of nitro groups is 1. The molecule has 25 heavy (non-hydrogen) atoms. The van der Waals surface area contributed by atoms with Crippen molar-refractivity contribution in [3.8, 4) is 12.3 Å². The van der Waals surface area contributed by atoms with Crippen molar-refractivity contribution in [3.05, 3.63) is 69.8 Å². The Morgan fingerprint density at radius 1 is 1.32 bits per heavy atom. The summed E-state index contributed by atoms with van der Waals surface area (Å²) >= 11 is 0. The highest BCUT2D eigenvalue weighted by molar-refractivity contribution is 5.90. The standard InChI is InChI=1S/C19H17N3O3/c1-2-12-21(18-11-10-14-6-3-4-9-17(14)18)19(23)20-15-7-5-8-16(13-15)22(24)25/h1,3-9,13,18H,10-12H2,(H,20,23)/t18-/m0/s1. The van der Waals surface area contributed by atoms with E-state index < -0.39 is 4.92 Å². The third kappa shape index (κ3) is 3.45. The van der Waals surface area contributed by atoms with Gasteiger partial charge in [-0.05, 0) is 30.0 Å². The molecule has 6 heteroatoms. The summed E-state index contributed by atoms with van der Waals surface area (Å²) < 4.78 is 0. The lowest BCUT2D eigenvalue weighted by Gasteiger charge is -2.28. The Morgan fingerprint density at radius 2 is 2.12 bits per heavy atom. The number of carbonyl (C=O) groups excluding carboxylic acids is 1. The van der Waals surface area contributed by atoms with Gasteiger partial charge in [-0.1, -0.05) is 36.3 Å². The topological polar surface area (TPSA) is 75.5 Å². The molecule has 0 aromatic heterocycles. The Bertz CT molecular complexity index is 857. The zero-order chi connectivity index (χ0) is 17.8. The Kier molecular flexibility index (Phi) is 4.66. The summed E-state index contributed by atoms with van der Waals surface area (Å²) in [5.41, 5.74) is 2.62. The first kappa shape index (κ1) is 16.5. The predicted molar refractivity (Wildman–Crippen MR) is 95.2 cm³/mol. The smallest absolute Gasteiger partial charge is 0.308 e. The summed E-state index contributed by atoms with van der Waals surface area (Å²) in [6, 6.07) is 13.4. The molecule has 0 saturated carbocycles. The summed E-state index contributed by atoms with van der Waals surface area (Å²) in [6.07, 6.45) is 7.15. The second kappa shape index (κ2) is 7.05. The SMILES string of the molecule is C#CCN(C(=O)Nc1cccc([N+](=O)[O-])c1)[C@H]1CCc2ccccc21. The van der Waals surface area contributed by atoms with E-state index in [-0.39, 0.29) is 24.3 Å². The Morgan fingerprint density at radius 3 is 2.88 bits per heavy atom. The molecule has 1 aliphatic carbocycles. The van der Waals surface area contributed by atoms with Crippen LogP contribution in [0.3, 0.4) is 0 Å². The average molecular weight is 335 g/mol. The van der Waals surface area contributed by atoms with E-state index in [1.165, 1.54) is 23.8 Å². The van der Waals surface area contributed by atoms with Crippen molar-refractivity contribution in [2.45, 2.75) is 18.9 Å². The summed E-state index contributed by atoms with van der Waals surface area (Å²) in [5.74, 6) is 2.53. The molecule has 3 rings (SSSR count). The van der Waals surface area contributed by atoms with Gasteiger partial charge in [0.25, 0.3) is 5.69 Å². The molecule has 1 N–H and O–H groups in total. The molecule has 0 aliphatic heterocycles. The third-order valence-corrected chi connectivity index (χ3v) is 4.31. The van der Waals surface area contributed by atoms with Gasteiger partial charge in [-0.3, -0.25) is 10.1 Å². The molecule has 2 aromatic rings. The van der Waals surface area contributed by atoms with Crippen LogP contribution in [-0.2, 0) is 6.42 Å². The highest BCUT2D eigenvalue weighted by atomic mass is 16.6. The number of non-ortho nitro benzene ring substituents is 1. The largest absolute Gasteiger partial charge is 0.323 e. The lowest BCUT2D eigenvalue weighted by Crippen LogP contribution is -2.37. The van der Waals surface area contributed by atoms with Crippen LogP contribution in [0.4, 0.5) is 16.2 Å². The zero-order valence-corrected chi connectivity index (χ0v) is 13.5. The number of nitrogens with zero attached hydrogens (tertiary/aromatic N) is 2. The molecule has 0 bridgehead atoms. The average Bonchev–Trinajstić information content (AvgIpc) is 3.03. The van der Waals surface area contributed by atoms with Crippen LogP contribution in [0, 0.1) is 22.5 Å². The summed E-state index contributed by atoms with van der Waals surface area (Å²) in [5, 5.41) is 13.6. The van der Waals surface area contributed by atoms with Crippen LogP contribution in [0.5, 0.6) is 0 Å². The molecule has 1 aliphatic rings. The molecule has 0 saturated heterocycles. The maximum Gasteiger partial charge on any atom is 0.323 e. The van der Waals surface area contributed by atoms with Crippen LogP contribution >= 0.6 is 0 Å². The second-order valence-electron chi connectivity index (χ2n) is 5.82. The number of fused-ring (bicyclic) bond motifs is 1. The van der Waals surface area contributed by atoms with Crippen LogP contribution in [0.25, 0.3) is 0 Å². The van der Waals surface area contributed by atoms with Crippen molar-refractivity contribution in [3.63, 3.8) is 0 Å². The minimum atomic E-state index is -0.498. The van der Waals surface area contributed by atoms with Crippen molar-refractivity contribution in [2.24, 2.45) is 0 Å². The maximum atomic E-state index is 12.7. The number of nitro benzene ring substituents is 1. The van der Waals surface area contributed by atoms with Gasteiger partial charge in [0.2, 0.25) is 0 Å². The first-order valence-electron chi connectivity index (χ1n) is 7.93. The Hall–Kier alpha value is -3.33. The fourth-order valence-corrected chi connectivity index (χ4v) is 3.17. The Balaban J connectivity index is 1.82. The number of rotatable bonds is 4. The van der Waals surface area contributed by atoms with Crippen LogP contribution in [0.2, 0.25) is 0 Å². The highest BCUT2D eigenvalue weighted by Gasteiger charge is 2.30. The summed E-state index contributed by atoms with van der Waals surface area (Å²) in [7, 11) is 0. The van der Waals surface area contributed by atoms with Gasteiger partial charge < -0.3 is 10.2 Å². The quantitative estimate of drug-likeness (QED) is 0.525. The van der Waals surface area contributed by atoms with Crippen molar-refractivity contribution in [1.29, 1.82) is 0 Å². The van der Waals surface area contributed by atoms with E-state index in [1.54, 1.807) is 11.0 Å². The number of terminal acetylenes is 1. The minimum Gasteiger partial charge on any atom is -0.308 e. The van der Waals surface area contributed by atoms with Crippen LogP contribution in [0.15, 0.2) is 48.5 Å². The first-order valence-corrected chi connectivity index (χ1v) is 7.93. The van der Waals surface area contributed by atoms with E-state index in [1.807, 2.05) is 18.2 Å². The molecular formula is C19H17N3O3. The fourth-order valence-electron chi connectivity index (χ4n) is 3.17. The Labute approximate surface area is 145 Å². The molecule has 2 aromatic carbocycles. The van der Waals surface area contributed by atoms with Crippen LogP contribution in [-0.4, -0.2) is 22.4 Å². The van der Waals surface area contributed by atoms with E-state index in [0.717, 1.165) is 18.4 Å². The molecular weight excluding hydrogens is 318 g/mol. The van der Waals surface area contributed by atoms with Gasteiger partial charge >= 0.3 is 6.03 Å². The number of aryl methyl sites for hydroxylation is 1. The van der Waals surface area contributed by atoms with E-state index in [9.17, 15) is 14.9 Å². The van der Waals surface area contributed by atoms with E-state index >= 15 is 0 Å². The van der Waals surface area contributed by atoms with Gasteiger partial charge in [-0.25, -0.2) is 4.79 Å². The molecule has 0 heterocycles. The molecule has 6 nitrogen and oxygen atoms in total. The number of hydrogen-bond acceptors (Lipinski definition) is 3. The lowest BCUT2D eigenvalue weighted by molar-refractivity contribution is -0.384. The number of nitrogens with one attached hydrogen (secondary N) is 1. The van der Waals surface area contributed by atoms with Gasteiger partial charge in [-0.2, -0.15) is 0 Å². The minimum absolute atomic E-state index is 0.0764. The lowest BCUT2D eigenvalue weighted by atomic mass is 10.1. The first-order chi connectivity index (χ1) is 12.1. The van der Waals surface area contributed by atoms with Crippen molar-refractivity contribution in [2.75, 3.05) is 11.9 Å². The highest BCUT2D eigenvalue weighted by Crippen LogP contribution is 2.35. The van der Waals surface area contributed by atoms with Gasteiger partial charge in [0.15, 0.2) is 0 Å². The monoisotopic (exact) mass is 335 g/mol. The second-order valence-corrected chi connectivity index (χ2v) is 5.82. The number of anilines is 1. The van der Waals surface area contributed by atoms with Crippen molar-refractivity contribution >= 4 is 17.4 Å². The van der Waals surface area contributed by atoms with E-state index in [2.05, 4.69) is 17.3 Å². The molecule has 1 atom stereocenters. The number of carbonyl (C=O) groups is 1. The molecule has 0 unspecified atom stereocenters. The van der Waals surface area contributed by atoms with Gasteiger partial charge in [0.1, 0.15) is 0 Å². The fraction of sp³-hybridized carbons (Fsp3) is 0.211. The maximum absolute atomic E-state index is 12.7. The number of urea groups is 1. The van der Waals surface area contributed by atoms with E-state index in [4.69, 9.17) is 6.42 Å². The van der Waals surface area contributed by atoms with Gasteiger partial charge in [-0.15, -0.1) is 6.42 Å². The van der Waals surface area contributed by atoms with Crippen LogP contribution in [0.1, 0.15) is 23.6 Å². The van der Waals surface area contributed by atoms with Gasteiger partial charge in [0.05, 0.1) is 17.5 Å². The van der Waals surface area contributed by atoms with Crippen LogP contribution < -0.4 is 5.32 Å². The van der Waals surface area contributed by atoms with Crippen molar-refractivity contribution < 1.29 is 9.72 Å². The summed E-state index contributed by atoms with van der Waals surface area (Å²) in [4.78, 5) is 24.7. The molecule has 0 fully saturated rings. The number of benzene rings is 2. The van der Waals surface area contributed by atoms with Gasteiger partial charge in [0, 0.05) is 17.8 Å². The normalized spacial score (nSPS) is 15.1. The molecule has 0 spiro atoms. The molecule has 2 amide bonds. The third-order valence-electron chi connectivity index (χ3n) is 4.31. The number of hydrogen-bond donors (Lipinski definition) is 1. The van der Waals surface area contributed by atoms with Crippen molar-refractivity contribution in [1.82, 2.24) is 4.90 Å². The number of amides is 2.